The molecule has 6 aromatic rings. The number of hydrogen-bond donors (Lipinski definition) is 4. The van der Waals surface area contributed by atoms with Gasteiger partial charge in [0.1, 0.15) is 17.1 Å². The molecule has 6 rings (SSSR count). The number of hydrogen-bond acceptors (Lipinski definition) is 8. The minimum atomic E-state index is -4.67. The lowest BCUT2D eigenvalue weighted by Gasteiger charge is -2.17. The molecule has 0 fully saturated rings. The topological polar surface area (TPSA) is 137 Å². The molecule has 0 aliphatic carbocycles. The fourth-order valence-corrected chi connectivity index (χ4v) is 5.37. The number of nitrogens with one attached hydrogen (secondary N) is 4. The summed E-state index contributed by atoms with van der Waals surface area (Å²) in [6.07, 6.45) is -3.96. The molecule has 0 atom stereocenters. The van der Waals surface area contributed by atoms with Crippen LogP contribution in [0, 0.1) is 13.8 Å². The highest BCUT2D eigenvalue weighted by atomic mass is 19.4. The summed E-state index contributed by atoms with van der Waals surface area (Å²) in [4.78, 5) is 33.0. The van der Waals surface area contributed by atoms with E-state index in [0.717, 1.165) is 33.4 Å². The zero-order chi connectivity index (χ0) is 39.0. The lowest BCUT2D eigenvalue weighted by atomic mass is 9.98. The van der Waals surface area contributed by atoms with Crippen molar-refractivity contribution >= 4 is 35.1 Å². The largest absolute Gasteiger partial charge is 0.495 e. The molecule has 2 aromatic heterocycles. The molecule has 0 saturated heterocycles. The Morgan fingerprint density at radius 1 is 0.815 bits per heavy atom. The number of anilines is 4. The van der Waals surface area contributed by atoms with Crippen molar-refractivity contribution in [2.45, 2.75) is 20.0 Å². The number of rotatable bonds is 9. The second-order valence-electron chi connectivity index (χ2n) is 12.3. The smallest absolute Gasteiger partial charge is 0.421 e. The van der Waals surface area contributed by atoms with Gasteiger partial charge in [0, 0.05) is 50.2 Å². The van der Waals surface area contributed by atoms with E-state index in [1.54, 1.807) is 63.3 Å². The maximum Gasteiger partial charge on any atom is 0.421 e. The molecule has 2 heterocycles. The Hall–Kier alpha value is -6.70. The number of ether oxygens (including phenoxy) is 1. The average Bonchev–Trinajstić information content (AvgIpc) is 3.58. The summed E-state index contributed by atoms with van der Waals surface area (Å²) >= 11 is 0. The molecular weight excluding hydrogens is 697 g/mol. The van der Waals surface area contributed by atoms with Gasteiger partial charge in [-0.1, -0.05) is 54.6 Å². The normalized spacial score (nSPS) is 10.8. The van der Waals surface area contributed by atoms with Crippen LogP contribution in [0.5, 0.6) is 5.75 Å². The molecule has 0 spiro atoms. The molecule has 4 N–H and O–H groups in total. The Morgan fingerprint density at radius 3 is 2.02 bits per heavy atom. The van der Waals surface area contributed by atoms with Crippen LogP contribution in [0.15, 0.2) is 103 Å². The summed E-state index contributed by atoms with van der Waals surface area (Å²) in [7, 11) is 6.56. The number of nitrogens with zero attached hydrogens (tertiary/aromatic N) is 4. The standard InChI is InChI=1S/C25H24F3N7O2.C15H15NO/c1-13-9-19(20(37-4)11-17(13)15-5-7-16(8-6-15)23(36)29-3)31-24-30-12-18(25(26,27)28)22(33-24)32-21-10-14(2)34-35-21;1-16(2)15(17)14-10-8-13(9-11-14)12-6-4-3-5-7-12/h5-12H,1-4H3,(H,29,36)(H3,30,31,32,33,34,35);3-11H,1-2H3. The van der Waals surface area contributed by atoms with Gasteiger partial charge in [-0.3, -0.25) is 14.7 Å². The highest BCUT2D eigenvalue weighted by Crippen LogP contribution is 2.38. The minimum absolute atomic E-state index is 0.0320. The lowest BCUT2D eigenvalue weighted by molar-refractivity contribution is -0.137. The molecule has 0 bridgehead atoms. The second kappa shape index (κ2) is 16.8. The van der Waals surface area contributed by atoms with E-state index in [2.05, 4.69) is 48.2 Å². The van der Waals surface area contributed by atoms with Gasteiger partial charge in [0.25, 0.3) is 11.8 Å². The summed E-state index contributed by atoms with van der Waals surface area (Å²) in [5, 5.41) is 14.7. The van der Waals surface area contributed by atoms with Crippen molar-refractivity contribution in [3.63, 3.8) is 0 Å². The first-order valence-corrected chi connectivity index (χ1v) is 16.7. The Labute approximate surface area is 310 Å². The summed E-state index contributed by atoms with van der Waals surface area (Å²) in [6, 6.07) is 30.0. The van der Waals surface area contributed by atoms with Crippen LogP contribution in [0.25, 0.3) is 22.3 Å². The molecule has 0 radical (unpaired) electrons. The molecular formula is C40H39F3N8O3. The Bertz CT molecular complexity index is 2220. The van der Waals surface area contributed by atoms with Crippen molar-refractivity contribution in [3.8, 4) is 28.0 Å². The number of aromatic nitrogens is 4. The van der Waals surface area contributed by atoms with Gasteiger partial charge in [-0.05, 0) is 78.1 Å². The first kappa shape index (κ1) is 38.5. The number of halogens is 3. The molecule has 0 unspecified atom stereocenters. The van der Waals surface area contributed by atoms with Crippen LogP contribution < -0.4 is 20.7 Å². The summed E-state index contributed by atoms with van der Waals surface area (Å²) in [6.45, 7) is 3.61. The van der Waals surface area contributed by atoms with Gasteiger partial charge in [-0.15, -0.1) is 0 Å². The van der Waals surface area contributed by atoms with Crippen molar-refractivity contribution in [2.75, 3.05) is 38.9 Å². The van der Waals surface area contributed by atoms with Crippen molar-refractivity contribution < 1.29 is 27.5 Å². The SMILES string of the molecule is CN(C)C(=O)c1ccc(-c2ccccc2)cc1.CNC(=O)c1ccc(-c2cc(OC)c(Nc3ncc(C(F)(F)F)c(Nc4cc(C)[nH]n4)n3)cc2C)cc1. The van der Waals surface area contributed by atoms with Gasteiger partial charge in [0.2, 0.25) is 5.95 Å². The van der Waals surface area contributed by atoms with Crippen LogP contribution in [0.3, 0.4) is 0 Å². The maximum atomic E-state index is 13.6. The summed E-state index contributed by atoms with van der Waals surface area (Å²) in [5.41, 5.74) is 6.22. The Balaban J connectivity index is 0.000000274. The van der Waals surface area contributed by atoms with Gasteiger partial charge in [-0.25, -0.2) is 4.98 Å². The van der Waals surface area contributed by atoms with Gasteiger partial charge < -0.3 is 25.6 Å². The highest BCUT2D eigenvalue weighted by molar-refractivity contribution is 5.95. The fourth-order valence-electron chi connectivity index (χ4n) is 5.37. The molecule has 0 aliphatic heterocycles. The van der Waals surface area contributed by atoms with Crippen LogP contribution in [0.4, 0.5) is 36.4 Å². The first-order chi connectivity index (χ1) is 25.8. The third kappa shape index (κ3) is 9.39. The highest BCUT2D eigenvalue weighted by Gasteiger charge is 2.35. The number of H-pyrrole nitrogens is 1. The third-order valence-electron chi connectivity index (χ3n) is 8.17. The number of aromatic amines is 1. The van der Waals surface area contributed by atoms with Gasteiger partial charge in [-0.2, -0.15) is 23.3 Å². The quantitative estimate of drug-likeness (QED) is 0.116. The number of alkyl halides is 3. The van der Waals surface area contributed by atoms with E-state index in [1.165, 1.54) is 7.11 Å². The predicted octanol–water partition coefficient (Wildman–Crippen LogP) is 8.41. The third-order valence-corrected chi connectivity index (χ3v) is 8.17. The van der Waals surface area contributed by atoms with Crippen molar-refractivity contribution in [1.82, 2.24) is 30.4 Å². The molecule has 54 heavy (non-hydrogen) atoms. The minimum Gasteiger partial charge on any atom is -0.495 e. The maximum absolute atomic E-state index is 13.6. The molecule has 0 saturated carbocycles. The first-order valence-electron chi connectivity index (χ1n) is 16.7. The molecule has 0 aliphatic rings. The molecule has 4 aromatic carbocycles. The predicted molar refractivity (Wildman–Crippen MR) is 203 cm³/mol. The molecule has 2 amide bonds. The van der Waals surface area contributed by atoms with Crippen LogP contribution >= 0.6 is 0 Å². The number of amides is 2. The Morgan fingerprint density at radius 2 is 1.44 bits per heavy atom. The average molecular weight is 737 g/mol. The van der Waals surface area contributed by atoms with Crippen molar-refractivity contribution in [2.24, 2.45) is 0 Å². The van der Waals surface area contributed by atoms with Crippen LogP contribution in [-0.4, -0.2) is 65.1 Å². The van der Waals surface area contributed by atoms with Gasteiger partial charge >= 0.3 is 6.18 Å². The van der Waals surface area contributed by atoms with E-state index >= 15 is 0 Å². The number of carbonyl (C=O) groups is 2. The van der Waals surface area contributed by atoms with Crippen molar-refractivity contribution in [3.05, 3.63) is 131 Å². The molecule has 11 nitrogen and oxygen atoms in total. The fraction of sp³-hybridized carbons (Fsp3) is 0.175. The zero-order valence-corrected chi connectivity index (χ0v) is 30.5. The van der Waals surface area contributed by atoms with Crippen molar-refractivity contribution in [1.29, 1.82) is 0 Å². The van der Waals surface area contributed by atoms with Gasteiger partial charge in [0.05, 0.1) is 12.8 Å². The van der Waals surface area contributed by atoms with Gasteiger partial charge in [0.15, 0.2) is 5.82 Å². The van der Waals surface area contributed by atoms with Crippen LogP contribution in [-0.2, 0) is 6.18 Å². The Kier molecular flexibility index (Phi) is 12.0. The van der Waals surface area contributed by atoms with E-state index in [-0.39, 0.29) is 23.6 Å². The summed E-state index contributed by atoms with van der Waals surface area (Å²) in [5.74, 6) is -0.0502. The number of methoxy groups -OCH3 is 1. The summed E-state index contributed by atoms with van der Waals surface area (Å²) < 4.78 is 46.2. The lowest BCUT2D eigenvalue weighted by Crippen LogP contribution is -2.21. The molecule has 14 heteroatoms. The van der Waals surface area contributed by atoms with Crippen LogP contribution in [0.2, 0.25) is 0 Å². The monoisotopic (exact) mass is 736 g/mol. The number of aryl methyl sites for hydroxylation is 2. The molecule has 278 valence electrons. The van der Waals surface area contributed by atoms with E-state index < -0.39 is 17.6 Å². The number of benzene rings is 4. The zero-order valence-electron chi connectivity index (χ0n) is 30.5. The van der Waals surface area contributed by atoms with Crippen LogP contribution in [0.1, 0.15) is 37.5 Å². The van der Waals surface area contributed by atoms with E-state index in [0.29, 0.717) is 28.9 Å². The van der Waals surface area contributed by atoms with E-state index in [4.69, 9.17) is 4.74 Å². The number of carbonyl (C=O) groups excluding carboxylic acids is 2. The van der Waals surface area contributed by atoms with E-state index in [9.17, 15) is 22.8 Å². The van der Waals surface area contributed by atoms with E-state index in [1.807, 2.05) is 61.5 Å². The second-order valence-corrected chi connectivity index (χ2v) is 12.3.